The largest absolute Gasteiger partial charge is 0.371 e. The van der Waals surface area contributed by atoms with Crippen LogP contribution in [0.1, 0.15) is 47.9 Å². The zero-order chi connectivity index (χ0) is 12.4. The molecule has 1 aliphatic rings. The van der Waals surface area contributed by atoms with E-state index in [9.17, 15) is 0 Å². The number of nitrogens with zero attached hydrogens (tertiary/aromatic N) is 1. The molecule has 1 fully saturated rings. The molecular formula is C16H25N. The lowest BCUT2D eigenvalue weighted by atomic mass is 9.97. The Morgan fingerprint density at radius 2 is 1.35 bits per heavy atom. The second kappa shape index (κ2) is 5.12. The van der Waals surface area contributed by atoms with Gasteiger partial charge in [0, 0.05) is 18.8 Å². The number of hydrogen-bond donors (Lipinski definition) is 0. The highest BCUT2D eigenvalue weighted by Gasteiger charge is 2.14. The van der Waals surface area contributed by atoms with Gasteiger partial charge in [-0.1, -0.05) is 12.8 Å². The summed E-state index contributed by atoms with van der Waals surface area (Å²) in [7, 11) is 0. The molecule has 94 valence electrons. The van der Waals surface area contributed by atoms with Crippen LogP contribution in [0.5, 0.6) is 0 Å². The van der Waals surface area contributed by atoms with E-state index in [1.54, 1.807) is 0 Å². The fraction of sp³-hybridized carbons (Fsp3) is 0.625. The van der Waals surface area contributed by atoms with Crippen molar-refractivity contribution in [3.63, 3.8) is 0 Å². The lowest BCUT2D eigenvalue weighted by molar-refractivity contribution is 0.726. The molecule has 2 rings (SSSR count). The summed E-state index contributed by atoms with van der Waals surface area (Å²) in [5.74, 6) is 0. The monoisotopic (exact) mass is 231 g/mol. The Balaban J connectivity index is 2.37. The van der Waals surface area contributed by atoms with Crippen molar-refractivity contribution in [3.05, 3.63) is 28.3 Å². The third kappa shape index (κ3) is 2.48. The molecule has 1 nitrogen and oxygen atoms in total. The Morgan fingerprint density at radius 1 is 0.765 bits per heavy atom. The van der Waals surface area contributed by atoms with Crippen molar-refractivity contribution in [2.75, 3.05) is 18.0 Å². The Hall–Kier alpha value is -0.980. The molecule has 1 heteroatoms. The molecule has 0 aromatic heterocycles. The average Bonchev–Trinajstić information content (AvgIpc) is 2.60. The highest BCUT2D eigenvalue weighted by atomic mass is 15.1. The first-order valence-electron chi connectivity index (χ1n) is 6.93. The van der Waals surface area contributed by atoms with Crippen LogP contribution in [-0.2, 0) is 0 Å². The van der Waals surface area contributed by atoms with Gasteiger partial charge in [0.15, 0.2) is 0 Å². The zero-order valence-corrected chi connectivity index (χ0v) is 11.8. The number of benzene rings is 1. The molecule has 17 heavy (non-hydrogen) atoms. The van der Waals surface area contributed by atoms with Crippen LogP contribution in [0.25, 0.3) is 0 Å². The highest BCUT2D eigenvalue weighted by Crippen LogP contribution is 2.29. The first-order valence-corrected chi connectivity index (χ1v) is 6.93. The maximum absolute atomic E-state index is 2.60. The molecule has 0 amide bonds. The van der Waals surface area contributed by atoms with E-state index >= 15 is 0 Å². The summed E-state index contributed by atoms with van der Waals surface area (Å²) in [4.78, 5) is 2.60. The smallest absolute Gasteiger partial charge is 0.0401 e. The highest BCUT2D eigenvalue weighted by molar-refractivity contribution is 5.60. The summed E-state index contributed by atoms with van der Waals surface area (Å²) in [6.07, 6.45) is 5.51. The summed E-state index contributed by atoms with van der Waals surface area (Å²) in [5.41, 5.74) is 7.33. The van der Waals surface area contributed by atoms with E-state index < -0.39 is 0 Å². The molecule has 1 aromatic carbocycles. The minimum absolute atomic E-state index is 1.24. The van der Waals surface area contributed by atoms with Crippen molar-refractivity contribution in [2.24, 2.45) is 0 Å². The molecule has 0 bridgehead atoms. The van der Waals surface area contributed by atoms with E-state index in [-0.39, 0.29) is 0 Å². The maximum atomic E-state index is 2.60. The van der Waals surface area contributed by atoms with Crippen molar-refractivity contribution in [2.45, 2.75) is 53.4 Å². The van der Waals surface area contributed by atoms with Gasteiger partial charge in [0.05, 0.1) is 0 Å². The van der Waals surface area contributed by atoms with Crippen molar-refractivity contribution in [3.8, 4) is 0 Å². The van der Waals surface area contributed by atoms with Crippen LogP contribution < -0.4 is 4.90 Å². The Morgan fingerprint density at radius 3 is 1.94 bits per heavy atom. The Kier molecular flexibility index (Phi) is 3.76. The van der Waals surface area contributed by atoms with Gasteiger partial charge in [0.1, 0.15) is 0 Å². The quantitative estimate of drug-likeness (QED) is 0.696. The van der Waals surface area contributed by atoms with Crippen LogP contribution >= 0.6 is 0 Å². The molecule has 0 atom stereocenters. The number of hydrogen-bond acceptors (Lipinski definition) is 1. The summed E-state index contributed by atoms with van der Waals surface area (Å²) in [5, 5.41) is 0. The van der Waals surface area contributed by atoms with Gasteiger partial charge in [-0.25, -0.2) is 0 Å². The molecule has 0 N–H and O–H groups in total. The molecule has 0 saturated carbocycles. The molecule has 0 radical (unpaired) electrons. The summed E-state index contributed by atoms with van der Waals surface area (Å²) in [6.45, 7) is 11.5. The van der Waals surface area contributed by atoms with Crippen molar-refractivity contribution in [1.29, 1.82) is 0 Å². The lowest BCUT2D eigenvalue weighted by Crippen LogP contribution is -2.25. The second-order valence-electron chi connectivity index (χ2n) is 5.49. The second-order valence-corrected chi connectivity index (χ2v) is 5.49. The number of aryl methyl sites for hydroxylation is 1. The fourth-order valence-electron chi connectivity index (χ4n) is 2.83. The first-order chi connectivity index (χ1) is 8.11. The van der Waals surface area contributed by atoms with E-state index in [0.717, 1.165) is 0 Å². The topological polar surface area (TPSA) is 3.24 Å². The van der Waals surface area contributed by atoms with E-state index in [1.807, 2.05) is 0 Å². The number of anilines is 1. The lowest BCUT2D eigenvalue weighted by Gasteiger charge is -2.27. The zero-order valence-electron chi connectivity index (χ0n) is 11.8. The number of rotatable bonds is 1. The maximum Gasteiger partial charge on any atom is 0.0401 e. The fourth-order valence-corrected chi connectivity index (χ4v) is 2.83. The van der Waals surface area contributed by atoms with E-state index in [1.165, 1.54) is 66.7 Å². The van der Waals surface area contributed by atoms with Crippen molar-refractivity contribution >= 4 is 5.69 Å². The van der Waals surface area contributed by atoms with Gasteiger partial charge in [-0.3, -0.25) is 0 Å². The van der Waals surface area contributed by atoms with Gasteiger partial charge in [-0.2, -0.15) is 0 Å². The van der Waals surface area contributed by atoms with Crippen LogP contribution in [0, 0.1) is 27.7 Å². The third-order valence-corrected chi connectivity index (χ3v) is 4.40. The Labute approximate surface area is 106 Å². The predicted molar refractivity (Wildman–Crippen MR) is 76.1 cm³/mol. The molecule has 0 aliphatic carbocycles. The predicted octanol–water partition coefficient (Wildman–Crippen LogP) is 4.30. The van der Waals surface area contributed by atoms with E-state index in [0.29, 0.717) is 0 Å². The molecule has 1 heterocycles. The van der Waals surface area contributed by atoms with Gasteiger partial charge in [0.25, 0.3) is 0 Å². The van der Waals surface area contributed by atoms with Crippen LogP contribution in [0.15, 0.2) is 6.07 Å². The minimum Gasteiger partial charge on any atom is -0.371 e. The van der Waals surface area contributed by atoms with Crippen molar-refractivity contribution in [1.82, 2.24) is 0 Å². The molecule has 1 saturated heterocycles. The van der Waals surface area contributed by atoms with Gasteiger partial charge in [-0.05, 0) is 68.9 Å². The van der Waals surface area contributed by atoms with Gasteiger partial charge < -0.3 is 4.90 Å². The SMILES string of the molecule is Cc1cc(N2CCCCCC2)c(C)c(C)c1C. The molecule has 1 aliphatic heterocycles. The van der Waals surface area contributed by atoms with Gasteiger partial charge in [0.2, 0.25) is 0 Å². The van der Waals surface area contributed by atoms with E-state index in [2.05, 4.69) is 38.7 Å². The Bertz CT molecular complexity index is 398. The minimum atomic E-state index is 1.24. The summed E-state index contributed by atoms with van der Waals surface area (Å²) >= 11 is 0. The van der Waals surface area contributed by atoms with Gasteiger partial charge >= 0.3 is 0 Å². The van der Waals surface area contributed by atoms with Crippen LogP contribution in [0.3, 0.4) is 0 Å². The van der Waals surface area contributed by atoms with Crippen molar-refractivity contribution < 1.29 is 0 Å². The molecule has 0 spiro atoms. The van der Waals surface area contributed by atoms with E-state index in [4.69, 9.17) is 0 Å². The average molecular weight is 231 g/mol. The molecular weight excluding hydrogens is 206 g/mol. The molecule has 1 aromatic rings. The van der Waals surface area contributed by atoms with Crippen LogP contribution in [-0.4, -0.2) is 13.1 Å². The standard InChI is InChI=1S/C16H25N/c1-12-11-16(15(4)14(3)13(12)2)17-9-7-5-6-8-10-17/h11H,5-10H2,1-4H3. The van der Waals surface area contributed by atoms with Gasteiger partial charge in [-0.15, -0.1) is 0 Å². The first kappa shape index (κ1) is 12.5. The van der Waals surface area contributed by atoms with Crippen LogP contribution in [0.4, 0.5) is 5.69 Å². The molecule has 0 unspecified atom stereocenters. The normalized spacial score (nSPS) is 17.1. The third-order valence-electron chi connectivity index (χ3n) is 4.40. The van der Waals surface area contributed by atoms with Crippen LogP contribution in [0.2, 0.25) is 0 Å². The summed E-state index contributed by atoms with van der Waals surface area (Å²) < 4.78 is 0. The summed E-state index contributed by atoms with van der Waals surface area (Å²) in [6, 6.07) is 2.39.